The van der Waals surface area contributed by atoms with Crippen molar-refractivity contribution in [1.82, 2.24) is 15.0 Å². The second-order valence-electron chi connectivity index (χ2n) is 7.44. The Bertz CT molecular complexity index is 1060. The number of aromatic nitrogens is 3. The predicted octanol–water partition coefficient (Wildman–Crippen LogP) is 3.47. The molecular formula is C24H23N3O6. The van der Waals surface area contributed by atoms with Crippen molar-refractivity contribution in [3.63, 3.8) is 0 Å². The number of carbonyl (C=O) groups is 1. The summed E-state index contributed by atoms with van der Waals surface area (Å²) in [5.74, 6) is -0.445. The van der Waals surface area contributed by atoms with Crippen molar-refractivity contribution in [2.45, 2.75) is 19.5 Å². The van der Waals surface area contributed by atoms with Gasteiger partial charge in [0.1, 0.15) is 0 Å². The van der Waals surface area contributed by atoms with E-state index in [1.54, 1.807) is 31.5 Å². The van der Waals surface area contributed by atoms with Crippen LogP contribution in [0.1, 0.15) is 41.0 Å². The Morgan fingerprint density at radius 2 is 1.30 bits per heavy atom. The minimum absolute atomic E-state index is 0.264. The molecule has 2 aliphatic rings. The molecule has 0 unspecified atom stereocenters. The molecule has 0 atom stereocenters. The zero-order chi connectivity index (χ0) is 22.6. The average molecular weight is 449 g/mol. The maximum absolute atomic E-state index is 12.6. The SMILES string of the molecule is CCOC(=O)c1cc(-c2cc(C3OCCO3)ccn2)nc(-c2cc(C3OCCO3)ccn2)c1. The molecule has 9 nitrogen and oxygen atoms in total. The van der Waals surface area contributed by atoms with Gasteiger partial charge in [0.15, 0.2) is 12.6 Å². The first kappa shape index (κ1) is 21.6. The summed E-state index contributed by atoms with van der Waals surface area (Å²) < 4.78 is 27.6. The Hall–Kier alpha value is -3.24. The zero-order valence-electron chi connectivity index (χ0n) is 18.1. The molecule has 0 saturated carbocycles. The van der Waals surface area contributed by atoms with Gasteiger partial charge in [-0.15, -0.1) is 0 Å². The molecule has 0 aliphatic carbocycles. The van der Waals surface area contributed by atoms with Crippen LogP contribution in [0.3, 0.4) is 0 Å². The molecule has 5 rings (SSSR count). The second kappa shape index (κ2) is 9.72. The number of hydrogen-bond donors (Lipinski definition) is 0. The fourth-order valence-corrected chi connectivity index (χ4v) is 3.69. The van der Waals surface area contributed by atoms with Crippen LogP contribution < -0.4 is 0 Å². The van der Waals surface area contributed by atoms with Gasteiger partial charge in [0.2, 0.25) is 0 Å². The third-order valence-electron chi connectivity index (χ3n) is 5.22. The van der Waals surface area contributed by atoms with E-state index in [2.05, 4.69) is 9.97 Å². The molecule has 2 aliphatic heterocycles. The molecule has 5 heterocycles. The summed E-state index contributed by atoms with van der Waals surface area (Å²) in [6.07, 6.45) is 2.46. The maximum Gasteiger partial charge on any atom is 0.338 e. The second-order valence-corrected chi connectivity index (χ2v) is 7.44. The van der Waals surface area contributed by atoms with Crippen LogP contribution in [0.5, 0.6) is 0 Å². The van der Waals surface area contributed by atoms with Crippen molar-refractivity contribution in [2.24, 2.45) is 0 Å². The molecule has 170 valence electrons. The highest BCUT2D eigenvalue weighted by Gasteiger charge is 2.22. The highest BCUT2D eigenvalue weighted by atomic mass is 16.7. The van der Waals surface area contributed by atoms with Crippen LogP contribution in [0.25, 0.3) is 22.8 Å². The molecule has 0 radical (unpaired) electrons. The summed E-state index contributed by atoms with van der Waals surface area (Å²) >= 11 is 0. The molecule has 0 bridgehead atoms. The first-order valence-corrected chi connectivity index (χ1v) is 10.8. The van der Waals surface area contributed by atoms with Gasteiger partial charge in [-0.25, -0.2) is 9.78 Å². The van der Waals surface area contributed by atoms with Gasteiger partial charge in [0.05, 0.1) is 61.4 Å². The normalized spacial score (nSPS) is 16.9. The lowest BCUT2D eigenvalue weighted by Gasteiger charge is -2.13. The average Bonchev–Trinajstić information content (AvgIpc) is 3.59. The number of rotatable bonds is 6. The van der Waals surface area contributed by atoms with E-state index in [0.29, 0.717) is 54.8 Å². The largest absolute Gasteiger partial charge is 0.462 e. The monoisotopic (exact) mass is 449 g/mol. The summed E-state index contributed by atoms with van der Waals surface area (Å²) in [7, 11) is 0. The van der Waals surface area contributed by atoms with E-state index < -0.39 is 18.5 Å². The van der Waals surface area contributed by atoms with E-state index in [1.165, 1.54) is 0 Å². The summed E-state index contributed by atoms with van der Waals surface area (Å²) in [5.41, 5.74) is 4.20. The van der Waals surface area contributed by atoms with Gasteiger partial charge >= 0.3 is 5.97 Å². The highest BCUT2D eigenvalue weighted by molar-refractivity contribution is 5.92. The Balaban J connectivity index is 1.56. The maximum atomic E-state index is 12.6. The van der Waals surface area contributed by atoms with Crippen LogP contribution >= 0.6 is 0 Å². The lowest BCUT2D eigenvalue weighted by Crippen LogP contribution is -2.07. The molecule has 2 fully saturated rings. The van der Waals surface area contributed by atoms with Crippen molar-refractivity contribution < 1.29 is 28.5 Å². The van der Waals surface area contributed by atoms with Crippen molar-refractivity contribution in [1.29, 1.82) is 0 Å². The van der Waals surface area contributed by atoms with E-state index in [0.717, 1.165) is 11.1 Å². The molecule has 33 heavy (non-hydrogen) atoms. The van der Waals surface area contributed by atoms with Gasteiger partial charge in [-0.1, -0.05) is 0 Å². The third kappa shape index (κ3) is 4.76. The van der Waals surface area contributed by atoms with Gasteiger partial charge in [0.25, 0.3) is 0 Å². The minimum atomic E-state index is -0.445. The summed E-state index contributed by atoms with van der Waals surface area (Å²) in [4.78, 5) is 26.3. The number of pyridine rings is 3. The van der Waals surface area contributed by atoms with E-state index in [4.69, 9.17) is 28.7 Å². The summed E-state index contributed by atoms with van der Waals surface area (Å²) in [5, 5.41) is 0. The third-order valence-corrected chi connectivity index (χ3v) is 5.22. The van der Waals surface area contributed by atoms with Gasteiger partial charge in [-0.05, 0) is 43.3 Å². The Labute approximate surface area is 190 Å². The molecule has 0 aromatic carbocycles. The van der Waals surface area contributed by atoms with Crippen LogP contribution in [0.15, 0.2) is 48.8 Å². The van der Waals surface area contributed by atoms with Crippen LogP contribution in [-0.4, -0.2) is 54.0 Å². The topological polar surface area (TPSA) is 102 Å². The molecule has 3 aromatic rings. The van der Waals surface area contributed by atoms with Gasteiger partial charge < -0.3 is 23.7 Å². The van der Waals surface area contributed by atoms with Crippen LogP contribution in [0.2, 0.25) is 0 Å². The van der Waals surface area contributed by atoms with Crippen LogP contribution in [-0.2, 0) is 23.7 Å². The lowest BCUT2D eigenvalue weighted by atomic mass is 10.1. The zero-order valence-corrected chi connectivity index (χ0v) is 18.1. The fraction of sp³-hybridized carbons (Fsp3) is 0.333. The molecular weight excluding hydrogens is 426 g/mol. The van der Waals surface area contributed by atoms with E-state index in [1.807, 2.05) is 24.3 Å². The van der Waals surface area contributed by atoms with Gasteiger partial charge in [-0.3, -0.25) is 9.97 Å². The van der Waals surface area contributed by atoms with E-state index >= 15 is 0 Å². The predicted molar refractivity (Wildman–Crippen MR) is 116 cm³/mol. The van der Waals surface area contributed by atoms with E-state index in [-0.39, 0.29) is 6.61 Å². The number of esters is 1. The fourth-order valence-electron chi connectivity index (χ4n) is 3.69. The van der Waals surface area contributed by atoms with Crippen molar-refractivity contribution in [3.8, 4) is 22.8 Å². The first-order chi connectivity index (χ1) is 16.2. The number of nitrogens with zero attached hydrogens (tertiary/aromatic N) is 3. The number of ether oxygens (including phenoxy) is 5. The molecule has 2 saturated heterocycles. The Morgan fingerprint density at radius 3 is 1.76 bits per heavy atom. The smallest absolute Gasteiger partial charge is 0.338 e. The number of hydrogen-bond acceptors (Lipinski definition) is 9. The molecule has 3 aromatic heterocycles. The quantitative estimate of drug-likeness (QED) is 0.523. The summed E-state index contributed by atoms with van der Waals surface area (Å²) in [6.45, 7) is 4.19. The standard InChI is InChI=1S/C24H23N3O6/c1-2-29-22(28)17-13-20(18-11-15(3-5-25-18)23-30-7-8-31-23)27-21(14-17)19-12-16(4-6-26-19)24-32-9-10-33-24/h3-6,11-14,23-24H,2,7-10H2,1H3. The van der Waals surface area contributed by atoms with Crippen LogP contribution in [0.4, 0.5) is 0 Å². The number of carbonyl (C=O) groups excluding carboxylic acids is 1. The first-order valence-electron chi connectivity index (χ1n) is 10.8. The van der Waals surface area contributed by atoms with Crippen LogP contribution in [0, 0.1) is 0 Å². The van der Waals surface area contributed by atoms with Gasteiger partial charge in [-0.2, -0.15) is 0 Å². The molecule has 0 N–H and O–H groups in total. The van der Waals surface area contributed by atoms with Crippen molar-refractivity contribution >= 4 is 5.97 Å². The Kier molecular flexibility index (Phi) is 6.36. The Morgan fingerprint density at radius 1 is 0.818 bits per heavy atom. The molecule has 9 heteroatoms. The summed E-state index contributed by atoms with van der Waals surface area (Å²) in [6, 6.07) is 10.7. The lowest BCUT2D eigenvalue weighted by molar-refractivity contribution is -0.0443. The molecule has 0 spiro atoms. The van der Waals surface area contributed by atoms with E-state index in [9.17, 15) is 4.79 Å². The van der Waals surface area contributed by atoms with Crippen molar-refractivity contribution in [3.05, 3.63) is 65.5 Å². The minimum Gasteiger partial charge on any atom is -0.462 e. The van der Waals surface area contributed by atoms with Crippen molar-refractivity contribution in [2.75, 3.05) is 33.0 Å². The molecule has 0 amide bonds. The van der Waals surface area contributed by atoms with Gasteiger partial charge in [0, 0.05) is 23.5 Å². The highest BCUT2D eigenvalue weighted by Crippen LogP contribution is 2.30.